The molecule has 180 valence electrons. The molecule has 1 saturated heterocycles. The Labute approximate surface area is 196 Å². The van der Waals surface area contributed by atoms with Gasteiger partial charge in [0.25, 0.3) is 0 Å². The molecule has 1 fully saturated rings. The van der Waals surface area contributed by atoms with Crippen molar-refractivity contribution < 1.29 is 43.9 Å². The summed E-state index contributed by atoms with van der Waals surface area (Å²) in [6.45, 7) is 4.77. The molecule has 1 aliphatic heterocycles. The van der Waals surface area contributed by atoms with Gasteiger partial charge in [-0.1, -0.05) is 61.2 Å². The molecule has 9 heteroatoms. The number of aliphatic hydroxyl groups is 3. The Morgan fingerprint density at radius 3 is 2.35 bits per heavy atom. The maximum absolute atomic E-state index is 12.8. The van der Waals surface area contributed by atoms with Crippen LogP contribution in [0.3, 0.4) is 0 Å². The van der Waals surface area contributed by atoms with Gasteiger partial charge in [0.15, 0.2) is 11.9 Å². The summed E-state index contributed by atoms with van der Waals surface area (Å²) >= 11 is 0. The van der Waals surface area contributed by atoms with Crippen LogP contribution in [0.4, 0.5) is 0 Å². The monoisotopic (exact) mass is 470 g/mol. The first kappa shape index (κ1) is 25.3. The number of carbonyl (C=O) groups is 3. The van der Waals surface area contributed by atoms with Crippen LogP contribution in [0.5, 0.6) is 0 Å². The van der Waals surface area contributed by atoms with Crippen molar-refractivity contribution in [2.75, 3.05) is 6.61 Å². The fourth-order valence-corrected chi connectivity index (χ4v) is 3.42. The quantitative estimate of drug-likeness (QED) is 0.294. The van der Waals surface area contributed by atoms with E-state index in [1.54, 1.807) is 54.6 Å². The Morgan fingerprint density at radius 1 is 1.00 bits per heavy atom. The summed E-state index contributed by atoms with van der Waals surface area (Å²) in [5.74, 6) is -2.95. The van der Waals surface area contributed by atoms with Crippen LogP contribution in [0.1, 0.15) is 34.3 Å². The van der Waals surface area contributed by atoms with Crippen LogP contribution in [-0.4, -0.2) is 70.4 Å². The molecule has 0 unspecified atom stereocenters. The molecule has 2 aromatic carbocycles. The van der Waals surface area contributed by atoms with E-state index in [1.165, 1.54) is 13.0 Å². The van der Waals surface area contributed by atoms with Gasteiger partial charge in [0.2, 0.25) is 6.29 Å². The normalized spacial score (nSPS) is 25.1. The van der Waals surface area contributed by atoms with Crippen LogP contribution in [-0.2, 0) is 23.8 Å². The lowest BCUT2D eigenvalue weighted by Gasteiger charge is -2.38. The van der Waals surface area contributed by atoms with E-state index >= 15 is 0 Å². The van der Waals surface area contributed by atoms with Crippen molar-refractivity contribution in [1.82, 2.24) is 0 Å². The number of ether oxygens (including phenoxy) is 3. The highest BCUT2D eigenvalue weighted by Crippen LogP contribution is 2.26. The van der Waals surface area contributed by atoms with E-state index in [1.807, 2.05) is 0 Å². The number of rotatable bonds is 8. The zero-order chi connectivity index (χ0) is 24.8. The van der Waals surface area contributed by atoms with Gasteiger partial charge in [-0.3, -0.25) is 9.59 Å². The highest BCUT2D eigenvalue weighted by atomic mass is 16.7. The first-order chi connectivity index (χ1) is 16.2. The molecule has 1 aliphatic rings. The Morgan fingerprint density at radius 2 is 1.68 bits per heavy atom. The molecule has 0 bridgehead atoms. The molecule has 0 aromatic heterocycles. The number of hydrogen-bond donors (Lipinski definition) is 3. The Hall–Kier alpha value is -3.37. The maximum Gasteiger partial charge on any atom is 0.338 e. The SMILES string of the molecule is C=CCOC(=O)[C@@H]1O[C@@H](OC(=O)[C@H](C)c2cccc(C(=O)c3ccccc3)c2)[C@@H](O)[C@@H](O)[C@@H]1O. The maximum atomic E-state index is 12.8. The second kappa shape index (κ2) is 11.2. The second-order valence-corrected chi connectivity index (χ2v) is 7.79. The molecule has 0 radical (unpaired) electrons. The Bertz CT molecular complexity index is 1040. The fourth-order valence-electron chi connectivity index (χ4n) is 3.42. The van der Waals surface area contributed by atoms with Gasteiger partial charge >= 0.3 is 11.9 Å². The van der Waals surface area contributed by atoms with Crippen molar-refractivity contribution >= 4 is 17.7 Å². The van der Waals surface area contributed by atoms with Crippen LogP contribution in [0.2, 0.25) is 0 Å². The van der Waals surface area contributed by atoms with Gasteiger partial charge in [0.05, 0.1) is 5.92 Å². The molecule has 0 amide bonds. The molecule has 0 saturated carbocycles. The van der Waals surface area contributed by atoms with E-state index in [9.17, 15) is 29.7 Å². The third-order valence-electron chi connectivity index (χ3n) is 5.42. The van der Waals surface area contributed by atoms with Gasteiger partial charge in [-0.25, -0.2) is 4.79 Å². The summed E-state index contributed by atoms with van der Waals surface area (Å²) in [5.41, 5.74) is 1.34. The van der Waals surface area contributed by atoms with Crippen molar-refractivity contribution in [3.05, 3.63) is 83.9 Å². The van der Waals surface area contributed by atoms with Crippen LogP contribution < -0.4 is 0 Å². The van der Waals surface area contributed by atoms with E-state index in [4.69, 9.17) is 14.2 Å². The molecule has 9 nitrogen and oxygen atoms in total. The van der Waals surface area contributed by atoms with Crippen LogP contribution in [0.15, 0.2) is 67.3 Å². The standard InChI is InChI=1S/C25H26O9/c1-3-12-32-24(31)22-20(28)19(27)21(29)25(33-22)34-23(30)14(2)16-10-7-11-17(13-16)18(26)15-8-5-4-6-9-15/h3-11,13-14,19-22,25,27-29H,1,12H2,2H3/t14-,19+,20+,21+,22-,25+/m1/s1. The van der Waals surface area contributed by atoms with Gasteiger partial charge in [0, 0.05) is 11.1 Å². The molecule has 2 aromatic rings. The number of aliphatic hydroxyl groups excluding tert-OH is 3. The zero-order valence-corrected chi connectivity index (χ0v) is 18.4. The highest BCUT2D eigenvalue weighted by Gasteiger charge is 2.49. The molecule has 6 atom stereocenters. The summed E-state index contributed by atoms with van der Waals surface area (Å²) in [6, 6.07) is 15.1. The van der Waals surface area contributed by atoms with E-state index in [0.717, 1.165) is 0 Å². The number of ketones is 1. The largest absolute Gasteiger partial charge is 0.459 e. The van der Waals surface area contributed by atoms with Crippen LogP contribution in [0.25, 0.3) is 0 Å². The van der Waals surface area contributed by atoms with Gasteiger partial charge in [-0.05, 0) is 18.6 Å². The average molecular weight is 470 g/mol. The number of esters is 2. The lowest BCUT2D eigenvalue weighted by molar-refractivity contribution is -0.287. The fraction of sp³-hybridized carbons (Fsp3) is 0.320. The second-order valence-electron chi connectivity index (χ2n) is 7.79. The average Bonchev–Trinajstić information content (AvgIpc) is 2.87. The molecule has 0 spiro atoms. The first-order valence-electron chi connectivity index (χ1n) is 10.6. The zero-order valence-electron chi connectivity index (χ0n) is 18.4. The van der Waals surface area contributed by atoms with Crippen LogP contribution in [0, 0.1) is 0 Å². The minimum atomic E-state index is -1.82. The molecule has 1 heterocycles. The number of benzene rings is 2. The minimum absolute atomic E-state index is 0.163. The minimum Gasteiger partial charge on any atom is -0.459 e. The third-order valence-corrected chi connectivity index (χ3v) is 5.42. The first-order valence-corrected chi connectivity index (χ1v) is 10.6. The number of carbonyl (C=O) groups excluding carboxylic acids is 3. The summed E-state index contributed by atoms with van der Waals surface area (Å²) < 4.78 is 15.3. The highest BCUT2D eigenvalue weighted by molar-refractivity contribution is 6.09. The van der Waals surface area contributed by atoms with E-state index < -0.39 is 48.6 Å². The molecule has 3 N–H and O–H groups in total. The summed E-state index contributed by atoms with van der Waals surface area (Å²) in [6.07, 6.45) is -7.54. The summed E-state index contributed by atoms with van der Waals surface area (Å²) in [7, 11) is 0. The molecule has 34 heavy (non-hydrogen) atoms. The molecular weight excluding hydrogens is 444 g/mol. The van der Waals surface area contributed by atoms with Crippen molar-refractivity contribution in [3.63, 3.8) is 0 Å². The molecular formula is C25H26O9. The molecule has 3 rings (SSSR count). The van der Waals surface area contributed by atoms with Gasteiger partial charge in [0.1, 0.15) is 24.9 Å². The third kappa shape index (κ3) is 5.57. The van der Waals surface area contributed by atoms with Crippen molar-refractivity contribution in [2.45, 2.75) is 43.5 Å². The van der Waals surface area contributed by atoms with Crippen molar-refractivity contribution in [1.29, 1.82) is 0 Å². The topological polar surface area (TPSA) is 140 Å². The lowest BCUT2D eigenvalue weighted by atomic mass is 9.95. The summed E-state index contributed by atoms with van der Waals surface area (Å²) in [5, 5.41) is 30.4. The Kier molecular flexibility index (Phi) is 8.30. The predicted molar refractivity (Wildman–Crippen MR) is 119 cm³/mol. The lowest BCUT2D eigenvalue weighted by Crippen LogP contribution is -2.61. The van der Waals surface area contributed by atoms with E-state index in [0.29, 0.717) is 16.7 Å². The summed E-state index contributed by atoms with van der Waals surface area (Å²) in [4.78, 5) is 37.6. The van der Waals surface area contributed by atoms with E-state index in [-0.39, 0.29) is 12.4 Å². The predicted octanol–water partition coefficient (Wildman–Crippen LogP) is 1.10. The van der Waals surface area contributed by atoms with E-state index in [2.05, 4.69) is 6.58 Å². The van der Waals surface area contributed by atoms with Gasteiger partial charge in [-0.15, -0.1) is 0 Å². The van der Waals surface area contributed by atoms with Crippen molar-refractivity contribution in [3.8, 4) is 0 Å². The number of hydrogen-bond acceptors (Lipinski definition) is 9. The Balaban J connectivity index is 1.72. The van der Waals surface area contributed by atoms with Gasteiger partial charge < -0.3 is 29.5 Å². The molecule has 0 aliphatic carbocycles. The van der Waals surface area contributed by atoms with Crippen LogP contribution >= 0.6 is 0 Å². The van der Waals surface area contributed by atoms with Crippen molar-refractivity contribution in [2.24, 2.45) is 0 Å². The smallest absolute Gasteiger partial charge is 0.338 e. The van der Waals surface area contributed by atoms with Gasteiger partial charge in [-0.2, -0.15) is 0 Å².